The molecule has 0 aromatic heterocycles. The van der Waals surface area contributed by atoms with Gasteiger partial charge in [0.1, 0.15) is 12.6 Å². The Balaban J connectivity index is 4.31. The molecule has 4 nitrogen and oxygen atoms in total. The van der Waals surface area contributed by atoms with E-state index >= 15 is 0 Å². The van der Waals surface area contributed by atoms with Crippen molar-refractivity contribution in [2.45, 2.75) is 90.4 Å². The molecular weight excluding hydrogens is 316 g/mol. The zero-order chi connectivity index (χ0) is 18.8. The van der Waals surface area contributed by atoms with Crippen LogP contribution in [-0.2, 0) is 14.4 Å². The van der Waals surface area contributed by atoms with Crippen LogP contribution in [0, 0.1) is 11.8 Å². The predicted octanol–water partition coefficient (Wildman–Crippen LogP) is 5.35. The van der Waals surface area contributed by atoms with E-state index in [-0.39, 0.29) is 12.3 Å². The van der Waals surface area contributed by atoms with Crippen molar-refractivity contribution in [3.8, 4) is 0 Å². The van der Waals surface area contributed by atoms with E-state index in [4.69, 9.17) is 5.11 Å². The monoisotopic (exact) mass is 352 g/mol. The number of hydrogen-bond donors (Lipinski definition) is 1. The highest BCUT2D eigenvalue weighted by atomic mass is 16.4. The van der Waals surface area contributed by atoms with Gasteiger partial charge in [0.15, 0.2) is 0 Å². The molecule has 2 atom stereocenters. The quantitative estimate of drug-likeness (QED) is 0.205. The molecule has 1 N–H and O–H groups in total. The van der Waals surface area contributed by atoms with Gasteiger partial charge in [0.25, 0.3) is 0 Å². The fourth-order valence-corrected chi connectivity index (χ4v) is 3.05. The normalized spacial score (nSPS) is 13.6. The summed E-state index contributed by atoms with van der Waals surface area (Å²) in [5, 5.41) is 9.01. The first-order valence-corrected chi connectivity index (χ1v) is 9.93. The maximum absolute atomic E-state index is 11.3. The van der Waals surface area contributed by atoms with Gasteiger partial charge in [-0.15, -0.1) is 0 Å². The van der Waals surface area contributed by atoms with Gasteiger partial charge in [0.05, 0.1) is 6.42 Å². The molecule has 0 aliphatic carbocycles. The molecule has 0 aromatic carbocycles. The molecule has 0 bridgehead atoms. The van der Waals surface area contributed by atoms with Gasteiger partial charge in [-0.05, 0) is 31.6 Å². The summed E-state index contributed by atoms with van der Waals surface area (Å²) in [6.07, 6.45) is 18.4. The average molecular weight is 353 g/mol. The Bertz CT molecular complexity index is 376. The Kier molecular flexibility index (Phi) is 16.4. The Morgan fingerprint density at radius 2 is 1.52 bits per heavy atom. The Hall–Kier alpha value is -1.45. The molecular formula is C21H36O4. The molecule has 0 saturated carbocycles. The van der Waals surface area contributed by atoms with Gasteiger partial charge >= 0.3 is 5.97 Å². The van der Waals surface area contributed by atoms with Crippen LogP contribution in [0.25, 0.3) is 0 Å². The Morgan fingerprint density at radius 3 is 2.16 bits per heavy atom. The maximum atomic E-state index is 11.3. The van der Waals surface area contributed by atoms with Gasteiger partial charge in [-0.3, -0.25) is 4.79 Å². The topological polar surface area (TPSA) is 71.4 Å². The third kappa shape index (κ3) is 14.6. The van der Waals surface area contributed by atoms with E-state index in [0.29, 0.717) is 6.42 Å². The number of aldehydes is 2. The molecule has 0 aromatic rings. The Morgan fingerprint density at radius 1 is 0.880 bits per heavy atom. The first-order chi connectivity index (χ1) is 12.2. The van der Waals surface area contributed by atoms with Gasteiger partial charge in [-0.25, -0.2) is 0 Å². The van der Waals surface area contributed by atoms with Crippen molar-refractivity contribution >= 4 is 18.5 Å². The standard InChI is InChI=1S/C21H36O4/c1-2-3-4-5-8-11-14-19(20(18-23)17-21(24)25)15-12-9-6-7-10-13-16-22/h11,14,16,18-20H,2-10,12-13,15,17H2,1H3,(H,24,25)/b14-11+. The van der Waals surface area contributed by atoms with Crippen LogP contribution in [0.2, 0.25) is 0 Å². The molecule has 0 fully saturated rings. The molecule has 0 saturated heterocycles. The molecule has 144 valence electrons. The Labute approximate surface area is 153 Å². The first kappa shape index (κ1) is 23.5. The van der Waals surface area contributed by atoms with Crippen molar-refractivity contribution in [2.75, 3.05) is 0 Å². The first-order valence-electron chi connectivity index (χ1n) is 9.93. The van der Waals surface area contributed by atoms with Crippen LogP contribution in [0.1, 0.15) is 90.4 Å². The van der Waals surface area contributed by atoms with Gasteiger partial charge in [0, 0.05) is 12.3 Å². The van der Waals surface area contributed by atoms with Crippen molar-refractivity contribution in [2.24, 2.45) is 11.8 Å². The highest BCUT2D eigenvalue weighted by Crippen LogP contribution is 2.23. The molecule has 0 aliphatic rings. The number of carboxylic acids is 1. The number of hydrogen-bond acceptors (Lipinski definition) is 3. The van der Waals surface area contributed by atoms with Gasteiger partial charge in [-0.1, -0.05) is 64.0 Å². The minimum absolute atomic E-state index is 0.0229. The molecule has 25 heavy (non-hydrogen) atoms. The number of unbranched alkanes of at least 4 members (excludes halogenated alkanes) is 9. The highest BCUT2D eigenvalue weighted by Gasteiger charge is 2.21. The molecule has 0 spiro atoms. The van der Waals surface area contributed by atoms with Crippen LogP contribution in [0.3, 0.4) is 0 Å². The minimum Gasteiger partial charge on any atom is -0.481 e. The third-order valence-corrected chi connectivity index (χ3v) is 4.60. The second kappa shape index (κ2) is 17.4. The van der Waals surface area contributed by atoms with Gasteiger partial charge in [0.2, 0.25) is 0 Å². The zero-order valence-electron chi connectivity index (χ0n) is 15.8. The fourth-order valence-electron chi connectivity index (χ4n) is 3.05. The number of aliphatic carboxylic acids is 1. The third-order valence-electron chi connectivity index (χ3n) is 4.60. The van der Waals surface area contributed by atoms with Gasteiger partial charge in [-0.2, -0.15) is 0 Å². The number of rotatable bonds is 18. The van der Waals surface area contributed by atoms with Crippen LogP contribution >= 0.6 is 0 Å². The van der Waals surface area contributed by atoms with Crippen molar-refractivity contribution in [1.82, 2.24) is 0 Å². The van der Waals surface area contributed by atoms with E-state index in [1.165, 1.54) is 19.3 Å². The van der Waals surface area contributed by atoms with Crippen LogP contribution < -0.4 is 0 Å². The van der Waals surface area contributed by atoms with E-state index in [0.717, 1.165) is 63.9 Å². The molecule has 0 radical (unpaired) electrons. The largest absolute Gasteiger partial charge is 0.481 e. The molecule has 0 rings (SSSR count). The minimum atomic E-state index is -0.910. The summed E-state index contributed by atoms with van der Waals surface area (Å²) in [5.74, 6) is -1.32. The number of carboxylic acid groups (broad SMARTS) is 1. The molecule has 0 aliphatic heterocycles. The van der Waals surface area contributed by atoms with Crippen LogP contribution in [0.5, 0.6) is 0 Å². The van der Waals surface area contributed by atoms with Crippen LogP contribution in [0.15, 0.2) is 12.2 Å². The summed E-state index contributed by atoms with van der Waals surface area (Å²) in [7, 11) is 0. The number of allylic oxidation sites excluding steroid dienone is 2. The second-order valence-electron chi connectivity index (χ2n) is 6.85. The van der Waals surface area contributed by atoms with E-state index in [1.54, 1.807) is 0 Å². The predicted molar refractivity (Wildman–Crippen MR) is 102 cm³/mol. The zero-order valence-corrected chi connectivity index (χ0v) is 15.8. The van der Waals surface area contributed by atoms with Crippen molar-refractivity contribution in [3.05, 3.63) is 12.2 Å². The lowest BCUT2D eigenvalue weighted by Gasteiger charge is -2.18. The van der Waals surface area contributed by atoms with Gasteiger partial charge < -0.3 is 14.7 Å². The number of carbonyl (C=O) groups is 3. The van der Waals surface area contributed by atoms with E-state index < -0.39 is 11.9 Å². The summed E-state index contributed by atoms with van der Waals surface area (Å²) in [4.78, 5) is 32.6. The highest BCUT2D eigenvalue weighted by molar-refractivity contribution is 5.72. The SMILES string of the molecule is CCCCCC/C=C/C(CCCCCCCC=O)C(C=O)CC(=O)O. The van der Waals surface area contributed by atoms with Crippen LogP contribution in [-0.4, -0.2) is 23.6 Å². The smallest absolute Gasteiger partial charge is 0.304 e. The summed E-state index contributed by atoms with van der Waals surface area (Å²) in [6.45, 7) is 2.19. The summed E-state index contributed by atoms with van der Waals surface area (Å²) in [6, 6.07) is 0. The lowest BCUT2D eigenvalue weighted by atomic mass is 9.85. The van der Waals surface area contributed by atoms with E-state index in [9.17, 15) is 14.4 Å². The molecule has 2 unspecified atom stereocenters. The average Bonchev–Trinajstić information content (AvgIpc) is 2.60. The summed E-state index contributed by atoms with van der Waals surface area (Å²) in [5.41, 5.74) is 0. The lowest BCUT2D eigenvalue weighted by molar-refractivity contribution is -0.139. The van der Waals surface area contributed by atoms with Crippen molar-refractivity contribution in [3.63, 3.8) is 0 Å². The molecule has 0 heterocycles. The van der Waals surface area contributed by atoms with Crippen molar-refractivity contribution < 1.29 is 19.5 Å². The fraction of sp³-hybridized carbons (Fsp3) is 0.762. The van der Waals surface area contributed by atoms with Crippen LogP contribution in [0.4, 0.5) is 0 Å². The lowest BCUT2D eigenvalue weighted by Crippen LogP contribution is -2.18. The molecule has 0 amide bonds. The summed E-state index contributed by atoms with van der Waals surface area (Å²) < 4.78 is 0. The van der Waals surface area contributed by atoms with Crippen molar-refractivity contribution in [1.29, 1.82) is 0 Å². The molecule has 4 heteroatoms. The van der Waals surface area contributed by atoms with E-state index in [2.05, 4.69) is 19.1 Å². The second-order valence-corrected chi connectivity index (χ2v) is 6.85. The van der Waals surface area contributed by atoms with E-state index in [1.807, 2.05) is 0 Å². The summed E-state index contributed by atoms with van der Waals surface area (Å²) >= 11 is 0. The number of carbonyl (C=O) groups excluding carboxylic acids is 2. The maximum Gasteiger partial charge on any atom is 0.304 e.